The van der Waals surface area contributed by atoms with Crippen LogP contribution in [0.1, 0.15) is 67.5 Å². The van der Waals surface area contributed by atoms with E-state index in [4.69, 9.17) is 4.74 Å². The number of carbonyl (C=O) groups is 2. The Bertz CT molecular complexity index is 1220. The number of alkyl halides is 6. The van der Waals surface area contributed by atoms with Crippen LogP contribution in [0.5, 0.6) is 0 Å². The van der Waals surface area contributed by atoms with Crippen molar-refractivity contribution in [1.82, 2.24) is 4.90 Å². The van der Waals surface area contributed by atoms with Gasteiger partial charge in [-0.15, -0.1) is 0 Å². The van der Waals surface area contributed by atoms with Crippen LogP contribution in [0.2, 0.25) is 0 Å². The van der Waals surface area contributed by atoms with Gasteiger partial charge in [0, 0.05) is 20.0 Å². The van der Waals surface area contributed by atoms with Gasteiger partial charge in [-0.2, -0.15) is 31.6 Å². The number of ether oxygens (including phenoxy) is 1. The van der Waals surface area contributed by atoms with Crippen molar-refractivity contribution in [3.63, 3.8) is 0 Å². The summed E-state index contributed by atoms with van der Waals surface area (Å²) >= 11 is 0. The van der Waals surface area contributed by atoms with Gasteiger partial charge >= 0.3 is 18.4 Å². The van der Waals surface area contributed by atoms with E-state index in [2.05, 4.69) is 0 Å². The molecule has 3 rings (SSSR count). The molecule has 1 unspecified atom stereocenters. The van der Waals surface area contributed by atoms with E-state index in [1.807, 2.05) is 6.07 Å². The Morgan fingerprint density at radius 3 is 2.18 bits per heavy atom. The third kappa shape index (κ3) is 6.57. The Balaban J connectivity index is 2.10. The fourth-order valence-electron chi connectivity index (χ4n) is 4.37. The minimum absolute atomic E-state index is 0.0319. The molecule has 2 amide bonds. The maximum absolute atomic E-state index is 13.4. The number of nitrogens with zero attached hydrogens (tertiary/aromatic N) is 3. The van der Waals surface area contributed by atoms with Crippen molar-refractivity contribution in [2.75, 3.05) is 11.4 Å². The van der Waals surface area contributed by atoms with Crippen molar-refractivity contribution in [3.05, 3.63) is 64.2 Å². The molecule has 1 heterocycles. The molecule has 0 aromatic heterocycles. The SMILES string of the molecule is CC(=O)N(Cc1cc(C(F)(F)F)cc(C(F)(F)F)c1)C1CCCN(C(=O)OC(C)C)c2cc(C#N)ccc21. The number of rotatable bonds is 4. The first kappa shape index (κ1) is 28.8. The summed E-state index contributed by atoms with van der Waals surface area (Å²) in [5.74, 6) is -0.588. The number of carbonyl (C=O) groups excluding carboxylic acids is 2. The molecule has 0 spiro atoms. The quantitative estimate of drug-likeness (QED) is 0.398. The Morgan fingerprint density at radius 1 is 1.08 bits per heavy atom. The molecular formula is C26H25F6N3O3. The number of amides is 2. The lowest BCUT2D eigenvalue weighted by molar-refractivity contribution is -0.143. The van der Waals surface area contributed by atoms with Gasteiger partial charge in [0.2, 0.25) is 5.91 Å². The standard InChI is InChI=1S/C26H25F6N3O3/c1-15(2)38-24(37)34-8-4-5-22(21-7-6-17(13-33)11-23(21)34)35(16(3)36)14-18-9-19(25(27,28)29)12-20(10-18)26(30,31)32/h6-7,9-12,15,22H,4-5,8,14H2,1-3H3. The lowest BCUT2D eigenvalue weighted by Crippen LogP contribution is -2.35. The molecule has 204 valence electrons. The fraction of sp³-hybridized carbons (Fsp3) is 0.423. The monoisotopic (exact) mass is 541 g/mol. The van der Waals surface area contributed by atoms with Crippen molar-refractivity contribution >= 4 is 17.7 Å². The van der Waals surface area contributed by atoms with Gasteiger partial charge in [-0.3, -0.25) is 9.69 Å². The number of hydrogen-bond acceptors (Lipinski definition) is 4. The van der Waals surface area contributed by atoms with Crippen LogP contribution in [-0.4, -0.2) is 29.5 Å². The minimum Gasteiger partial charge on any atom is -0.446 e. The number of fused-ring (bicyclic) bond motifs is 1. The van der Waals surface area contributed by atoms with Crippen molar-refractivity contribution in [3.8, 4) is 6.07 Å². The molecule has 0 fully saturated rings. The fourth-order valence-corrected chi connectivity index (χ4v) is 4.37. The first-order valence-corrected chi connectivity index (χ1v) is 11.7. The van der Waals surface area contributed by atoms with Crippen LogP contribution in [0, 0.1) is 11.3 Å². The van der Waals surface area contributed by atoms with E-state index >= 15 is 0 Å². The van der Waals surface area contributed by atoms with Crippen molar-refractivity contribution in [1.29, 1.82) is 5.26 Å². The summed E-state index contributed by atoms with van der Waals surface area (Å²) in [4.78, 5) is 28.1. The molecule has 0 saturated carbocycles. The predicted octanol–water partition coefficient (Wildman–Crippen LogP) is 6.83. The van der Waals surface area contributed by atoms with Gasteiger partial charge in [0.1, 0.15) is 0 Å². The number of benzene rings is 2. The summed E-state index contributed by atoms with van der Waals surface area (Å²) in [6, 6.07) is 6.83. The van der Waals surface area contributed by atoms with E-state index in [-0.39, 0.29) is 35.8 Å². The zero-order chi connectivity index (χ0) is 28.4. The largest absolute Gasteiger partial charge is 0.446 e. The molecule has 0 radical (unpaired) electrons. The van der Waals surface area contributed by atoms with E-state index in [0.29, 0.717) is 24.1 Å². The van der Waals surface area contributed by atoms with Crippen molar-refractivity contribution in [2.24, 2.45) is 0 Å². The number of nitriles is 1. The Hall–Kier alpha value is -3.75. The molecule has 2 aromatic rings. The highest BCUT2D eigenvalue weighted by Gasteiger charge is 2.38. The number of hydrogen-bond donors (Lipinski definition) is 0. The summed E-state index contributed by atoms with van der Waals surface area (Å²) in [7, 11) is 0. The molecule has 12 heteroatoms. The van der Waals surface area contributed by atoms with Crippen LogP contribution < -0.4 is 4.90 Å². The maximum Gasteiger partial charge on any atom is 0.416 e. The van der Waals surface area contributed by atoms with Crippen molar-refractivity contribution in [2.45, 2.75) is 64.7 Å². The van der Waals surface area contributed by atoms with Crippen LogP contribution in [0.4, 0.5) is 36.8 Å². The van der Waals surface area contributed by atoms with E-state index in [9.17, 15) is 41.2 Å². The summed E-state index contributed by atoms with van der Waals surface area (Å²) in [5, 5.41) is 9.39. The molecule has 2 aromatic carbocycles. The third-order valence-corrected chi connectivity index (χ3v) is 6.01. The zero-order valence-corrected chi connectivity index (χ0v) is 20.8. The zero-order valence-electron chi connectivity index (χ0n) is 20.8. The highest BCUT2D eigenvalue weighted by molar-refractivity contribution is 5.89. The molecule has 0 aliphatic carbocycles. The third-order valence-electron chi connectivity index (χ3n) is 6.01. The first-order chi connectivity index (χ1) is 17.6. The average Bonchev–Trinajstić information content (AvgIpc) is 2.99. The molecule has 38 heavy (non-hydrogen) atoms. The summed E-state index contributed by atoms with van der Waals surface area (Å²) in [6.07, 6.45) is -10.6. The average molecular weight is 541 g/mol. The van der Waals surface area contributed by atoms with Crippen LogP contribution >= 0.6 is 0 Å². The van der Waals surface area contributed by atoms with Crippen molar-refractivity contribution < 1.29 is 40.7 Å². The van der Waals surface area contributed by atoms with Gasteiger partial charge < -0.3 is 9.64 Å². The molecule has 0 bridgehead atoms. The van der Waals surface area contributed by atoms with Gasteiger partial charge in [0.15, 0.2) is 0 Å². The van der Waals surface area contributed by atoms with Crippen LogP contribution in [-0.2, 0) is 28.4 Å². The Labute approximate surface area is 215 Å². The molecule has 0 N–H and O–H groups in total. The Kier molecular flexibility index (Phi) is 8.29. The van der Waals surface area contributed by atoms with Crippen LogP contribution in [0.3, 0.4) is 0 Å². The Morgan fingerprint density at radius 2 is 1.68 bits per heavy atom. The van der Waals surface area contributed by atoms with Crippen LogP contribution in [0.25, 0.3) is 0 Å². The first-order valence-electron chi connectivity index (χ1n) is 11.7. The van der Waals surface area contributed by atoms with E-state index in [1.165, 1.54) is 28.0 Å². The molecule has 6 nitrogen and oxygen atoms in total. The normalized spacial score (nSPS) is 15.9. The minimum atomic E-state index is -5.03. The van der Waals surface area contributed by atoms with Gasteiger partial charge in [-0.25, -0.2) is 4.79 Å². The predicted molar refractivity (Wildman–Crippen MR) is 125 cm³/mol. The van der Waals surface area contributed by atoms with Gasteiger partial charge in [-0.05, 0) is 68.1 Å². The second kappa shape index (κ2) is 10.9. The molecule has 1 atom stereocenters. The molecule has 1 aliphatic heterocycles. The number of halogens is 6. The second-order valence-electron chi connectivity index (χ2n) is 9.19. The smallest absolute Gasteiger partial charge is 0.416 e. The summed E-state index contributed by atoms with van der Waals surface area (Å²) < 4.78 is 85.7. The number of anilines is 1. The molecule has 1 aliphatic rings. The lowest BCUT2D eigenvalue weighted by atomic mass is 9.97. The topological polar surface area (TPSA) is 73.6 Å². The lowest BCUT2D eigenvalue weighted by Gasteiger charge is -2.32. The van der Waals surface area contributed by atoms with E-state index < -0.39 is 54.2 Å². The molecule has 0 saturated heterocycles. The van der Waals surface area contributed by atoms with E-state index in [0.717, 1.165) is 6.92 Å². The highest BCUT2D eigenvalue weighted by Crippen LogP contribution is 2.40. The van der Waals surface area contributed by atoms with Crippen LogP contribution in [0.15, 0.2) is 36.4 Å². The summed E-state index contributed by atoms with van der Waals surface area (Å²) in [5.41, 5.74) is -2.39. The maximum atomic E-state index is 13.4. The summed E-state index contributed by atoms with van der Waals surface area (Å²) in [6.45, 7) is 4.11. The molecular weight excluding hydrogens is 516 g/mol. The van der Waals surface area contributed by atoms with Gasteiger partial charge in [0.05, 0.1) is 40.6 Å². The van der Waals surface area contributed by atoms with E-state index in [1.54, 1.807) is 13.8 Å². The second-order valence-corrected chi connectivity index (χ2v) is 9.19. The highest BCUT2D eigenvalue weighted by atomic mass is 19.4. The van der Waals surface area contributed by atoms with Gasteiger partial charge in [0.25, 0.3) is 0 Å². The van der Waals surface area contributed by atoms with Gasteiger partial charge in [-0.1, -0.05) is 6.07 Å².